The molecule has 0 bridgehead atoms. The van der Waals surface area contributed by atoms with Crippen molar-refractivity contribution in [3.05, 3.63) is 27.9 Å². The minimum atomic E-state index is -0.0283. The molecule has 3 unspecified atom stereocenters. The first-order chi connectivity index (χ1) is 9.61. The molecule has 6 heteroatoms. The van der Waals surface area contributed by atoms with E-state index in [1.165, 1.54) is 12.8 Å². The molecule has 2 aliphatic rings. The molecule has 0 amide bonds. The standard InChI is InChI=1S/C14H21N3OS2/c1-8-9(2)20-12(7-19-8)14-16-11(5-13(18)17-14)6-15-10-3-4-10/h5,8-10,12,15H,3-4,6-7H2,1-2H3,(H,16,17,18). The van der Waals surface area contributed by atoms with Crippen LogP contribution in [0.2, 0.25) is 0 Å². The third-order valence-electron chi connectivity index (χ3n) is 3.82. The summed E-state index contributed by atoms with van der Waals surface area (Å²) in [6, 6.07) is 2.26. The second-order valence-electron chi connectivity index (χ2n) is 5.65. The van der Waals surface area contributed by atoms with E-state index in [1.807, 2.05) is 23.5 Å². The van der Waals surface area contributed by atoms with Crippen molar-refractivity contribution in [1.29, 1.82) is 0 Å². The first-order valence-corrected chi connectivity index (χ1v) is 9.21. The quantitative estimate of drug-likeness (QED) is 0.894. The van der Waals surface area contributed by atoms with Crippen LogP contribution < -0.4 is 10.9 Å². The van der Waals surface area contributed by atoms with Crippen molar-refractivity contribution >= 4 is 23.5 Å². The Morgan fingerprint density at radius 2 is 2.20 bits per heavy atom. The third kappa shape index (κ3) is 3.59. The van der Waals surface area contributed by atoms with Crippen LogP contribution in [0.1, 0.15) is 43.5 Å². The smallest absolute Gasteiger partial charge is 0.251 e. The molecule has 3 rings (SSSR count). The normalized spacial score (nSPS) is 30.4. The topological polar surface area (TPSA) is 57.8 Å². The number of aromatic amines is 1. The van der Waals surface area contributed by atoms with Crippen LogP contribution in [0.25, 0.3) is 0 Å². The molecule has 1 saturated heterocycles. The maximum Gasteiger partial charge on any atom is 0.251 e. The fourth-order valence-corrected chi connectivity index (χ4v) is 5.10. The van der Waals surface area contributed by atoms with Gasteiger partial charge in [-0.1, -0.05) is 13.8 Å². The molecule has 1 aromatic rings. The number of aromatic nitrogens is 2. The Labute approximate surface area is 127 Å². The summed E-state index contributed by atoms with van der Waals surface area (Å²) >= 11 is 3.90. The minimum absolute atomic E-state index is 0.0283. The Bertz CT molecular complexity index is 529. The average Bonchev–Trinajstić information content (AvgIpc) is 3.23. The molecule has 4 nitrogen and oxygen atoms in total. The molecular weight excluding hydrogens is 290 g/mol. The lowest BCUT2D eigenvalue weighted by molar-refractivity contribution is 0.665. The van der Waals surface area contributed by atoms with Gasteiger partial charge in [0, 0.05) is 34.9 Å². The summed E-state index contributed by atoms with van der Waals surface area (Å²) in [5.41, 5.74) is 0.840. The van der Waals surface area contributed by atoms with Crippen LogP contribution in [0.3, 0.4) is 0 Å². The minimum Gasteiger partial charge on any atom is -0.310 e. The van der Waals surface area contributed by atoms with Gasteiger partial charge in [0.2, 0.25) is 0 Å². The molecule has 1 saturated carbocycles. The second-order valence-corrected chi connectivity index (χ2v) is 8.64. The predicted molar refractivity (Wildman–Crippen MR) is 86.4 cm³/mol. The summed E-state index contributed by atoms with van der Waals surface area (Å²) in [5, 5.41) is 4.99. The van der Waals surface area contributed by atoms with Gasteiger partial charge in [-0.2, -0.15) is 11.8 Å². The van der Waals surface area contributed by atoms with Gasteiger partial charge in [-0.15, -0.1) is 11.8 Å². The number of nitrogens with zero attached hydrogens (tertiary/aromatic N) is 1. The lowest BCUT2D eigenvalue weighted by Crippen LogP contribution is -2.26. The van der Waals surface area contributed by atoms with Crippen molar-refractivity contribution in [2.45, 2.75) is 55.0 Å². The molecule has 0 radical (unpaired) electrons. The van der Waals surface area contributed by atoms with Gasteiger partial charge in [0.15, 0.2) is 0 Å². The number of rotatable bonds is 4. The van der Waals surface area contributed by atoms with Crippen LogP contribution in [-0.4, -0.2) is 32.3 Å². The van der Waals surface area contributed by atoms with E-state index in [0.717, 1.165) is 17.3 Å². The summed E-state index contributed by atoms with van der Waals surface area (Å²) in [6.45, 7) is 5.23. The van der Waals surface area contributed by atoms with E-state index in [1.54, 1.807) is 6.07 Å². The lowest BCUT2D eigenvalue weighted by atomic mass is 10.3. The van der Waals surface area contributed by atoms with Crippen molar-refractivity contribution in [2.75, 3.05) is 5.75 Å². The molecular formula is C14H21N3OS2. The molecule has 3 atom stereocenters. The molecule has 1 aliphatic heterocycles. The van der Waals surface area contributed by atoms with Gasteiger partial charge in [0.25, 0.3) is 5.56 Å². The van der Waals surface area contributed by atoms with E-state index in [9.17, 15) is 4.79 Å². The van der Waals surface area contributed by atoms with Crippen molar-refractivity contribution in [2.24, 2.45) is 0 Å². The highest BCUT2D eigenvalue weighted by molar-refractivity contribution is 8.07. The first-order valence-electron chi connectivity index (χ1n) is 7.22. The van der Waals surface area contributed by atoms with Gasteiger partial charge in [-0.3, -0.25) is 4.79 Å². The molecule has 0 spiro atoms. The maximum atomic E-state index is 11.8. The van der Waals surface area contributed by atoms with Gasteiger partial charge in [0.05, 0.1) is 10.9 Å². The van der Waals surface area contributed by atoms with E-state index in [4.69, 9.17) is 0 Å². The van der Waals surface area contributed by atoms with E-state index in [0.29, 0.717) is 28.3 Å². The Balaban J connectivity index is 1.72. The summed E-state index contributed by atoms with van der Waals surface area (Å²) in [4.78, 5) is 19.4. The monoisotopic (exact) mass is 311 g/mol. The van der Waals surface area contributed by atoms with Crippen molar-refractivity contribution in [1.82, 2.24) is 15.3 Å². The summed E-state index contributed by atoms with van der Waals surface area (Å²) < 4.78 is 0. The highest BCUT2D eigenvalue weighted by atomic mass is 32.2. The van der Waals surface area contributed by atoms with Gasteiger partial charge in [0.1, 0.15) is 5.82 Å². The molecule has 2 fully saturated rings. The Morgan fingerprint density at radius 1 is 1.40 bits per heavy atom. The largest absolute Gasteiger partial charge is 0.310 e. The number of hydrogen-bond acceptors (Lipinski definition) is 5. The number of thioether (sulfide) groups is 2. The van der Waals surface area contributed by atoms with Crippen molar-refractivity contribution < 1.29 is 0 Å². The fourth-order valence-electron chi connectivity index (χ4n) is 2.24. The van der Waals surface area contributed by atoms with Crippen LogP contribution in [-0.2, 0) is 6.54 Å². The molecule has 2 N–H and O–H groups in total. The van der Waals surface area contributed by atoms with E-state index < -0.39 is 0 Å². The number of H-pyrrole nitrogens is 1. The van der Waals surface area contributed by atoms with E-state index >= 15 is 0 Å². The Kier molecular flexibility index (Phi) is 4.43. The van der Waals surface area contributed by atoms with E-state index in [-0.39, 0.29) is 5.56 Å². The van der Waals surface area contributed by atoms with Crippen LogP contribution in [0.5, 0.6) is 0 Å². The molecule has 2 heterocycles. The van der Waals surface area contributed by atoms with E-state index in [2.05, 4.69) is 29.1 Å². The highest BCUT2D eigenvalue weighted by Gasteiger charge is 2.28. The van der Waals surface area contributed by atoms with Gasteiger partial charge >= 0.3 is 0 Å². The first kappa shape index (κ1) is 14.5. The maximum absolute atomic E-state index is 11.8. The Hall–Kier alpha value is -0.460. The molecule has 20 heavy (non-hydrogen) atoms. The van der Waals surface area contributed by atoms with Gasteiger partial charge in [-0.25, -0.2) is 4.98 Å². The van der Waals surface area contributed by atoms with Gasteiger partial charge in [-0.05, 0) is 12.8 Å². The fraction of sp³-hybridized carbons (Fsp3) is 0.714. The summed E-state index contributed by atoms with van der Waals surface area (Å²) in [6.07, 6.45) is 2.50. The molecule has 110 valence electrons. The van der Waals surface area contributed by atoms with Crippen LogP contribution in [0.15, 0.2) is 10.9 Å². The van der Waals surface area contributed by atoms with Crippen molar-refractivity contribution in [3.8, 4) is 0 Å². The highest BCUT2D eigenvalue weighted by Crippen LogP contribution is 2.42. The SMILES string of the molecule is CC1SCC(c2nc(CNC3CC3)cc(=O)[nH]2)SC1C. The lowest BCUT2D eigenvalue weighted by Gasteiger charge is -2.30. The molecule has 1 aromatic heterocycles. The summed E-state index contributed by atoms with van der Waals surface area (Å²) in [7, 11) is 0. The third-order valence-corrected chi connectivity index (χ3v) is 7.22. The zero-order valence-electron chi connectivity index (χ0n) is 11.9. The zero-order valence-corrected chi connectivity index (χ0v) is 13.5. The molecule has 0 aromatic carbocycles. The van der Waals surface area contributed by atoms with Crippen molar-refractivity contribution in [3.63, 3.8) is 0 Å². The zero-order chi connectivity index (χ0) is 14.1. The predicted octanol–water partition coefficient (Wildman–Crippen LogP) is 2.32. The van der Waals surface area contributed by atoms with Gasteiger partial charge < -0.3 is 10.3 Å². The van der Waals surface area contributed by atoms with Crippen LogP contribution >= 0.6 is 23.5 Å². The molecule has 1 aliphatic carbocycles. The number of nitrogens with one attached hydrogen (secondary N) is 2. The average molecular weight is 311 g/mol. The van der Waals surface area contributed by atoms with Crippen LogP contribution in [0, 0.1) is 0 Å². The Morgan fingerprint density at radius 3 is 2.90 bits per heavy atom. The van der Waals surface area contributed by atoms with Crippen LogP contribution in [0.4, 0.5) is 0 Å². The second kappa shape index (κ2) is 6.12. The summed E-state index contributed by atoms with van der Waals surface area (Å²) in [5.74, 6) is 1.87. The number of hydrogen-bond donors (Lipinski definition) is 2.